The first-order chi connectivity index (χ1) is 8.15. The third kappa shape index (κ3) is 5.36. The number of nitrogens with two attached hydrogens (primary N) is 1. The molecule has 2 unspecified atom stereocenters. The minimum atomic E-state index is 0.637. The summed E-state index contributed by atoms with van der Waals surface area (Å²) in [7, 11) is 0. The number of benzene rings is 1. The predicted molar refractivity (Wildman–Crippen MR) is 76.1 cm³/mol. The van der Waals surface area contributed by atoms with Gasteiger partial charge < -0.3 is 5.73 Å². The molecule has 1 aromatic carbocycles. The summed E-state index contributed by atoms with van der Waals surface area (Å²) < 4.78 is 0. The van der Waals surface area contributed by atoms with Crippen molar-refractivity contribution < 1.29 is 0 Å². The van der Waals surface area contributed by atoms with E-state index < -0.39 is 0 Å². The van der Waals surface area contributed by atoms with Gasteiger partial charge >= 0.3 is 0 Å². The van der Waals surface area contributed by atoms with Crippen molar-refractivity contribution in [2.45, 2.75) is 46.5 Å². The molecule has 1 nitrogen and oxygen atoms in total. The van der Waals surface area contributed by atoms with Gasteiger partial charge in [0.05, 0.1) is 0 Å². The zero-order valence-corrected chi connectivity index (χ0v) is 11.6. The van der Waals surface area contributed by atoms with Crippen molar-refractivity contribution in [3.05, 3.63) is 35.4 Å². The third-order valence-corrected chi connectivity index (χ3v) is 3.46. The lowest BCUT2D eigenvalue weighted by molar-refractivity contribution is 0.375. The Morgan fingerprint density at radius 1 is 1.29 bits per heavy atom. The highest BCUT2D eigenvalue weighted by molar-refractivity contribution is 5.22. The molecule has 1 heteroatoms. The van der Waals surface area contributed by atoms with Gasteiger partial charge in [-0.3, -0.25) is 0 Å². The molecule has 1 rings (SSSR count). The Labute approximate surface area is 106 Å². The van der Waals surface area contributed by atoms with Crippen LogP contribution < -0.4 is 5.73 Å². The molecule has 0 saturated heterocycles. The van der Waals surface area contributed by atoms with Gasteiger partial charge in [0.1, 0.15) is 0 Å². The van der Waals surface area contributed by atoms with Crippen LogP contribution in [0, 0.1) is 18.8 Å². The van der Waals surface area contributed by atoms with Crippen molar-refractivity contribution in [2.75, 3.05) is 6.54 Å². The lowest BCUT2D eigenvalue weighted by Gasteiger charge is -2.19. The summed E-state index contributed by atoms with van der Waals surface area (Å²) in [5.74, 6) is 1.44. The lowest BCUT2D eigenvalue weighted by atomic mass is 9.88. The van der Waals surface area contributed by atoms with Crippen LogP contribution >= 0.6 is 0 Å². The van der Waals surface area contributed by atoms with E-state index in [1.807, 2.05) is 0 Å². The van der Waals surface area contributed by atoms with Gasteiger partial charge in [-0.05, 0) is 43.7 Å². The highest BCUT2D eigenvalue weighted by atomic mass is 14.5. The van der Waals surface area contributed by atoms with E-state index in [-0.39, 0.29) is 0 Å². The first-order valence-electron chi connectivity index (χ1n) is 6.91. The van der Waals surface area contributed by atoms with Crippen molar-refractivity contribution >= 4 is 0 Å². The topological polar surface area (TPSA) is 26.0 Å². The summed E-state index contributed by atoms with van der Waals surface area (Å²) in [4.78, 5) is 0. The molecule has 0 aliphatic heterocycles. The molecule has 0 amide bonds. The molecule has 0 bridgehead atoms. The molecule has 0 saturated carbocycles. The largest absolute Gasteiger partial charge is 0.330 e. The second kappa shape index (κ2) is 7.50. The molecule has 0 aliphatic carbocycles. The fourth-order valence-corrected chi connectivity index (χ4v) is 2.62. The molecule has 96 valence electrons. The van der Waals surface area contributed by atoms with Crippen molar-refractivity contribution in [3.63, 3.8) is 0 Å². The Bertz CT molecular complexity index is 319. The van der Waals surface area contributed by atoms with Crippen LogP contribution in [0.2, 0.25) is 0 Å². The minimum absolute atomic E-state index is 0.637. The van der Waals surface area contributed by atoms with E-state index in [0.717, 1.165) is 18.9 Å². The first kappa shape index (κ1) is 14.2. The van der Waals surface area contributed by atoms with Gasteiger partial charge in [0.15, 0.2) is 0 Å². The van der Waals surface area contributed by atoms with Gasteiger partial charge in [-0.15, -0.1) is 0 Å². The predicted octanol–water partition coefficient (Wildman–Crippen LogP) is 3.94. The molecule has 0 heterocycles. The summed E-state index contributed by atoms with van der Waals surface area (Å²) in [6.45, 7) is 7.57. The zero-order valence-electron chi connectivity index (χ0n) is 11.6. The maximum absolute atomic E-state index is 5.90. The maximum atomic E-state index is 5.90. The molecule has 17 heavy (non-hydrogen) atoms. The van der Waals surface area contributed by atoms with Crippen LogP contribution in [0.5, 0.6) is 0 Å². The Hall–Kier alpha value is -0.820. The monoisotopic (exact) mass is 233 g/mol. The van der Waals surface area contributed by atoms with Gasteiger partial charge in [0, 0.05) is 0 Å². The second-order valence-electron chi connectivity index (χ2n) is 5.42. The fourth-order valence-electron chi connectivity index (χ4n) is 2.62. The molecule has 0 spiro atoms. The lowest BCUT2D eigenvalue weighted by Crippen LogP contribution is -2.19. The molecule has 2 atom stereocenters. The number of hydrogen-bond donors (Lipinski definition) is 1. The standard InChI is InChI=1S/C16H27N/c1-4-6-13(2)10-16(12-17)11-15-8-5-7-14(3)9-15/h5,7-9,13,16H,4,6,10-12,17H2,1-3H3. The molecular formula is C16H27N. The van der Waals surface area contributed by atoms with Gasteiger partial charge in [0.2, 0.25) is 0 Å². The highest BCUT2D eigenvalue weighted by Crippen LogP contribution is 2.20. The summed E-state index contributed by atoms with van der Waals surface area (Å²) >= 11 is 0. The van der Waals surface area contributed by atoms with E-state index in [0.29, 0.717) is 5.92 Å². The fraction of sp³-hybridized carbons (Fsp3) is 0.625. The molecule has 2 N–H and O–H groups in total. The first-order valence-corrected chi connectivity index (χ1v) is 6.91. The molecule has 0 fully saturated rings. The van der Waals surface area contributed by atoms with E-state index in [1.54, 1.807) is 0 Å². The van der Waals surface area contributed by atoms with E-state index in [1.165, 1.54) is 30.4 Å². The summed E-state index contributed by atoms with van der Waals surface area (Å²) in [5.41, 5.74) is 8.68. The smallest absolute Gasteiger partial charge is 0.00456 e. The Kier molecular flexibility index (Phi) is 6.28. The van der Waals surface area contributed by atoms with Crippen LogP contribution in [0.15, 0.2) is 24.3 Å². The normalized spacial score (nSPS) is 14.6. The molecule has 0 aromatic heterocycles. The maximum Gasteiger partial charge on any atom is -0.00456 e. The Balaban J connectivity index is 2.51. The van der Waals surface area contributed by atoms with Crippen molar-refractivity contribution in [1.82, 2.24) is 0 Å². The van der Waals surface area contributed by atoms with Gasteiger partial charge in [-0.2, -0.15) is 0 Å². The number of hydrogen-bond acceptors (Lipinski definition) is 1. The summed E-state index contributed by atoms with van der Waals surface area (Å²) in [5, 5.41) is 0. The van der Waals surface area contributed by atoms with Crippen molar-refractivity contribution in [2.24, 2.45) is 17.6 Å². The average Bonchev–Trinajstić information content (AvgIpc) is 2.28. The average molecular weight is 233 g/mol. The SMILES string of the molecule is CCCC(C)CC(CN)Cc1cccc(C)c1. The van der Waals surface area contributed by atoms with E-state index in [2.05, 4.69) is 45.0 Å². The van der Waals surface area contributed by atoms with Gasteiger partial charge in [-0.25, -0.2) is 0 Å². The highest BCUT2D eigenvalue weighted by Gasteiger charge is 2.12. The zero-order chi connectivity index (χ0) is 12.7. The second-order valence-corrected chi connectivity index (χ2v) is 5.42. The quantitative estimate of drug-likeness (QED) is 0.758. The van der Waals surface area contributed by atoms with Crippen molar-refractivity contribution in [1.29, 1.82) is 0 Å². The van der Waals surface area contributed by atoms with Crippen LogP contribution in [0.3, 0.4) is 0 Å². The van der Waals surface area contributed by atoms with Crippen LogP contribution in [0.1, 0.15) is 44.2 Å². The van der Waals surface area contributed by atoms with Crippen LogP contribution in [-0.4, -0.2) is 6.54 Å². The minimum Gasteiger partial charge on any atom is -0.330 e. The molecule has 0 radical (unpaired) electrons. The van der Waals surface area contributed by atoms with Gasteiger partial charge in [-0.1, -0.05) is 56.5 Å². The number of rotatable bonds is 7. The number of aryl methyl sites for hydroxylation is 1. The van der Waals surface area contributed by atoms with Gasteiger partial charge in [0.25, 0.3) is 0 Å². The van der Waals surface area contributed by atoms with Crippen LogP contribution in [0.4, 0.5) is 0 Å². The van der Waals surface area contributed by atoms with Crippen LogP contribution in [-0.2, 0) is 6.42 Å². The molecular weight excluding hydrogens is 206 g/mol. The molecule has 0 aliphatic rings. The Morgan fingerprint density at radius 3 is 2.65 bits per heavy atom. The third-order valence-electron chi connectivity index (χ3n) is 3.46. The molecule has 1 aromatic rings. The van der Waals surface area contributed by atoms with E-state index in [4.69, 9.17) is 5.73 Å². The Morgan fingerprint density at radius 2 is 2.06 bits per heavy atom. The van der Waals surface area contributed by atoms with E-state index in [9.17, 15) is 0 Å². The summed E-state index contributed by atoms with van der Waals surface area (Å²) in [6.07, 6.45) is 5.00. The van der Waals surface area contributed by atoms with Crippen LogP contribution in [0.25, 0.3) is 0 Å². The van der Waals surface area contributed by atoms with Crippen molar-refractivity contribution in [3.8, 4) is 0 Å². The van der Waals surface area contributed by atoms with E-state index >= 15 is 0 Å². The summed E-state index contributed by atoms with van der Waals surface area (Å²) in [6, 6.07) is 8.81.